The Balaban J connectivity index is 2.35. The lowest BCUT2D eigenvalue weighted by Gasteiger charge is -2.12. The van der Waals surface area contributed by atoms with Gasteiger partial charge in [-0.3, -0.25) is 9.63 Å². The van der Waals surface area contributed by atoms with Crippen LogP contribution in [-0.2, 0) is 9.63 Å². The second-order valence-corrected chi connectivity index (χ2v) is 2.84. The molecule has 1 aliphatic rings. The van der Waals surface area contributed by atoms with E-state index < -0.39 is 0 Å². The Bertz CT molecular complexity index is 141. The molecule has 0 radical (unpaired) electrons. The summed E-state index contributed by atoms with van der Waals surface area (Å²) < 4.78 is 0. The largest absolute Gasteiger partial charge is 0.275 e. The Kier molecular flexibility index (Phi) is 1.94. The molecule has 2 atom stereocenters. The molecule has 1 amide bonds. The lowest BCUT2D eigenvalue weighted by molar-refractivity contribution is -0.170. The third-order valence-electron chi connectivity index (χ3n) is 2.01. The van der Waals surface area contributed by atoms with Gasteiger partial charge in [-0.1, -0.05) is 6.92 Å². The van der Waals surface area contributed by atoms with Crippen LogP contribution in [0, 0.1) is 11.8 Å². The third-order valence-corrected chi connectivity index (χ3v) is 2.01. The van der Waals surface area contributed by atoms with Crippen molar-refractivity contribution in [3.63, 3.8) is 0 Å². The number of nitrogens with zero attached hydrogens (tertiary/aromatic N) is 1. The molecule has 1 fully saturated rings. The van der Waals surface area contributed by atoms with Crippen molar-refractivity contribution in [3.05, 3.63) is 0 Å². The minimum atomic E-state index is 0.106. The molecule has 0 heterocycles. The lowest BCUT2D eigenvalue weighted by Crippen LogP contribution is -2.27. The summed E-state index contributed by atoms with van der Waals surface area (Å²) >= 11 is 0. The second-order valence-electron chi connectivity index (χ2n) is 2.84. The van der Waals surface area contributed by atoms with Gasteiger partial charge in [-0.05, 0) is 12.3 Å². The maximum Gasteiger partial charge on any atom is 0.249 e. The molecule has 0 saturated heterocycles. The second kappa shape index (κ2) is 2.58. The molecule has 0 spiro atoms. The minimum Gasteiger partial charge on any atom is -0.275 e. The molecule has 0 unspecified atom stereocenters. The molecule has 1 rings (SSSR count). The number of rotatable bonds is 2. The fourth-order valence-corrected chi connectivity index (χ4v) is 0.990. The Labute approximate surface area is 60.9 Å². The van der Waals surface area contributed by atoms with Crippen LogP contribution in [-0.4, -0.2) is 25.1 Å². The van der Waals surface area contributed by atoms with Gasteiger partial charge in [-0.2, -0.15) is 0 Å². The molecule has 10 heavy (non-hydrogen) atoms. The topological polar surface area (TPSA) is 29.5 Å². The van der Waals surface area contributed by atoms with E-state index in [1.54, 1.807) is 7.05 Å². The molecular weight excluding hydrogens is 130 g/mol. The van der Waals surface area contributed by atoms with Gasteiger partial charge in [0.2, 0.25) is 5.91 Å². The minimum absolute atomic E-state index is 0.106. The van der Waals surface area contributed by atoms with Crippen molar-refractivity contribution in [2.24, 2.45) is 11.8 Å². The molecule has 0 aromatic rings. The molecule has 1 aliphatic carbocycles. The molecule has 1 saturated carbocycles. The zero-order chi connectivity index (χ0) is 7.72. The molecule has 3 nitrogen and oxygen atoms in total. The van der Waals surface area contributed by atoms with Crippen molar-refractivity contribution in [3.8, 4) is 0 Å². The molecule has 3 heteroatoms. The fraction of sp³-hybridized carbons (Fsp3) is 0.857. The smallest absolute Gasteiger partial charge is 0.249 e. The molecule has 0 aromatic carbocycles. The predicted molar refractivity (Wildman–Crippen MR) is 37.0 cm³/mol. The number of amides is 1. The first-order valence-corrected chi connectivity index (χ1v) is 3.48. The summed E-state index contributed by atoms with van der Waals surface area (Å²) in [5.74, 6) is 0.894. The summed E-state index contributed by atoms with van der Waals surface area (Å²) in [5.41, 5.74) is 0. The van der Waals surface area contributed by atoms with Crippen LogP contribution < -0.4 is 0 Å². The maximum atomic E-state index is 11.1. The van der Waals surface area contributed by atoms with Crippen LogP contribution in [0.5, 0.6) is 0 Å². The van der Waals surface area contributed by atoms with Crippen LogP contribution in [0.4, 0.5) is 0 Å². The van der Waals surface area contributed by atoms with Crippen molar-refractivity contribution in [2.75, 3.05) is 14.2 Å². The molecule has 58 valence electrons. The van der Waals surface area contributed by atoms with E-state index in [0.29, 0.717) is 5.92 Å². The Morgan fingerprint density at radius 1 is 1.70 bits per heavy atom. The summed E-state index contributed by atoms with van der Waals surface area (Å²) in [6.07, 6.45) is 1.02. The summed E-state index contributed by atoms with van der Waals surface area (Å²) in [4.78, 5) is 15.9. The SMILES string of the molecule is CON(C)C(=O)[C@H]1C[C@H]1C. The van der Waals surface area contributed by atoms with Crippen LogP contribution in [0.25, 0.3) is 0 Å². The van der Waals surface area contributed by atoms with E-state index in [-0.39, 0.29) is 11.8 Å². The normalized spacial score (nSPS) is 29.9. The highest BCUT2D eigenvalue weighted by molar-refractivity contribution is 5.80. The highest BCUT2D eigenvalue weighted by Crippen LogP contribution is 2.38. The Hall–Kier alpha value is -0.570. The molecular formula is C7H13NO2. The Morgan fingerprint density at radius 2 is 2.20 bits per heavy atom. The van der Waals surface area contributed by atoms with Crippen LogP contribution >= 0.6 is 0 Å². The van der Waals surface area contributed by atoms with Crippen molar-refractivity contribution in [1.82, 2.24) is 5.06 Å². The third kappa shape index (κ3) is 1.29. The van der Waals surface area contributed by atoms with Gasteiger partial charge in [0, 0.05) is 13.0 Å². The van der Waals surface area contributed by atoms with E-state index in [4.69, 9.17) is 4.84 Å². The number of carbonyl (C=O) groups is 1. The zero-order valence-corrected chi connectivity index (χ0v) is 6.63. The summed E-state index contributed by atoms with van der Waals surface area (Å²) in [5, 5.41) is 1.30. The van der Waals surface area contributed by atoms with E-state index in [1.807, 2.05) is 0 Å². The highest BCUT2D eigenvalue weighted by Gasteiger charge is 2.40. The lowest BCUT2D eigenvalue weighted by atomic mass is 10.3. The van der Waals surface area contributed by atoms with Gasteiger partial charge in [-0.15, -0.1) is 0 Å². The van der Waals surface area contributed by atoms with Gasteiger partial charge in [0.05, 0.1) is 7.11 Å². The zero-order valence-electron chi connectivity index (χ0n) is 6.63. The van der Waals surface area contributed by atoms with Gasteiger partial charge in [0.25, 0.3) is 0 Å². The molecule has 0 bridgehead atoms. The first-order chi connectivity index (χ1) is 4.66. The van der Waals surface area contributed by atoms with Crippen molar-refractivity contribution in [1.29, 1.82) is 0 Å². The van der Waals surface area contributed by atoms with Crippen molar-refractivity contribution < 1.29 is 9.63 Å². The van der Waals surface area contributed by atoms with Gasteiger partial charge in [-0.25, -0.2) is 5.06 Å². The monoisotopic (exact) mass is 143 g/mol. The number of carbonyl (C=O) groups excluding carboxylic acids is 1. The van der Waals surface area contributed by atoms with Crippen LogP contribution in [0.3, 0.4) is 0 Å². The fourth-order valence-electron chi connectivity index (χ4n) is 0.990. The summed E-state index contributed by atoms with van der Waals surface area (Å²) in [6, 6.07) is 0. The average molecular weight is 143 g/mol. The van der Waals surface area contributed by atoms with E-state index >= 15 is 0 Å². The van der Waals surface area contributed by atoms with Gasteiger partial charge >= 0.3 is 0 Å². The summed E-state index contributed by atoms with van der Waals surface area (Å²) in [7, 11) is 3.15. The first kappa shape index (κ1) is 7.54. The molecule has 0 aromatic heterocycles. The van der Waals surface area contributed by atoms with Crippen molar-refractivity contribution >= 4 is 5.91 Å². The Morgan fingerprint density at radius 3 is 2.50 bits per heavy atom. The average Bonchev–Trinajstić information content (AvgIpc) is 2.63. The van der Waals surface area contributed by atoms with E-state index in [1.165, 1.54) is 12.2 Å². The van der Waals surface area contributed by atoms with E-state index in [9.17, 15) is 4.79 Å². The number of hydrogen-bond donors (Lipinski definition) is 0. The maximum absolute atomic E-state index is 11.1. The van der Waals surface area contributed by atoms with Gasteiger partial charge in [0.1, 0.15) is 0 Å². The standard InChI is InChI=1S/C7H13NO2/c1-5-4-6(5)7(9)8(2)10-3/h5-6H,4H2,1-3H3/t5-,6+/m1/s1. The first-order valence-electron chi connectivity index (χ1n) is 3.48. The van der Waals surface area contributed by atoms with Gasteiger partial charge in [0.15, 0.2) is 0 Å². The van der Waals surface area contributed by atoms with E-state index in [2.05, 4.69) is 6.92 Å². The van der Waals surface area contributed by atoms with Crippen LogP contribution in [0.15, 0.2) is 0 Å². The van der Waals surface area contributed by atoms with Crippen LogP contribution in [0.2, 0.25) is 0 Å². The summed E-state index contributed by atoms with van der Waals surface area (Å²) in [6.45, 7) is 2.08. The number of hydroxylamine groups is 2. The van der Waals surface area contributed by atoms with Crippen LogP contribution in [0.1, 0.15) is 13.3 Å². The van der Waals surface area contributed by atoms with Crippen molar-refractivity contribution in [2.45, 2.75) is 13.3 Å². The number of hydrogen-bond acceptors (Lipinski definition) is 2. The van der Waals surface area contributed by atoms with Gasteiger partial charge < -0.3 is 0 Å². The molecule has 0 aliphatic heterocycles. The quantitative estimate of drug-likeness (QED) is 0.531. The molecule has 0 N–H and O–H groups in total. The predicted octanol–water partition coefficient (Wildman–Crippen LogP) is 0.662. The van der Waals surface area contributed by atoms with E-state index in [0.717, 1.165) is 6.42 Å². The highest BCUT2D eigenvalue weighted by atomic mass is 16.7.